The van der Waals surface area contributed by atoms with E-state index in [0.717, 1.165) is 12.8 Å². The Kier molecular flexibility index (Phi) is 4.80. The van der Waals surface area contributed by atoms with Gasteiger partial charge in [0.05, 0.1) is 0 Å². The highest BCUT2D eigenvalue weighted by atomic mass is 19.4. The molecule has 0 spiro atoms. The SMILES string of the molecule is CC(NC(=O)OCC(F)(F)F)C(=O)N1CCCC1. The van der Waals surface area contributed by atoms with E-state index in [1.807, 2.05) is 0 Å². The summed E-state index contributed by atoms with van der Waals surface area (Å²) >= 11 is 0. The molecule has 1 atom stereocenters. The van der Waals surface area contributed by atoms with E-state index < -0.39 is 24.9 Å². The maximum atomic E-state index is 11.8. The van der Waals surface area contributed by atoms with Crippen molar-refractivity contribution in [3.05, 3.63) is 0 Å². The topological polar surface area (TPSA) is 58.6 Å². The third-order valence-corrected chi connectivity index (χ3v) is 2.49. The molecular formula is C10H15F3N2O3. The van der Waals surface area contributed by atoms with Gasteiger partial charge in [-0.05, 0) is 19.8 Å². The summed E-state index contributed by atoms with van der Waals surface area (Å²) in [5.41, 5.74) is 0. The van der Waals surface area contributed by atoms with Crippen LogP contribution < -0.4 is 5.32 Å². The number of hydrogen-bond acceptors (Lipinski definition) is 3. The molecule has 1 saturated heterocycles. The van der Waals surface area contributed by atoms with Gasteiger partial charge in [0.25, 0.3) is 0 Å². The van der Waals surface area contributed by atoms with Crippen LogP contribution in [0.1, 0.15) is 19.8 Å². The maximum Gasteiger partial charge on any atom is 0.422 e. The lowest BCUT2D eigenvalue weighted by atomic mass is 10.3. The molecule has 0 aromatic heterocycles. The summed E-state index contributed by atoms with van der Waals surface area (Å²) < 4.78 is 39.3. The van der Waals surface area contributed by atoms with Crippen molar-refractivity contribution in [2.45, 2.75) is 32.0 Å². The van der Waals surface area contributed by atoms with Gasteiger partial charge in [0.15, 0.2) is 6.61 Å². The Morgan fingerprint density at radius 3 is 2.39 bits per heavy atom. The van der Waals surface area contributed by atoms with E-state index in [1.54, 1.807) is 4.90 Å². The van der Waals surface area contributed by atoms with E-state index in [4.69, 9.17) is 0 Å². The molecule has 1 aliphatic heterocycles. The monoisotopic (exact) mass is 268 g/mol. The largest absolute Gasteiger partial charge is 0.440 e. The highest BCUT2D eigenvalue weighted by molar-refractivity contribution is 5.85. The molecule has 1 rings (SSSR count). The predicted octanol–water partition coefficient (Wildman–Crippen LogP) is 1.29. The molecule has 0 aromatic rings. The highest BCUT2D eigenvalue weighted by Crippen LogP contribution is 2.14. The van der Waals surface area contributed by atoms with Crippen LogP contribution in [0.4, 0.5) is 18.0 Å². The zero-order valence-electron chi connectivity index (χ0n) is 9.92. The molecule has 5 nitrogen and oxygen atoms in total. The van der Waals surface area contributed by atoms with Crippen LogP contribution >= 0.6 is 0 Å². The first-order chi connectivity index (χ1) is 8.29. The van der Waals surface area contributed by atoms with Crippen LogP contribution in [0, 0.1) is 0 Å². The van der Waals surface area contributed by atoms with E-state index in [9.17, 15) is 22.8 Å². The minimum atomic E-state index is -4.57. The molecule has 0 bridgehead atoms. The molecule has 0 aliphatic carbocycles. The van der Waals surface area contributed by atoms with Crippen LogP contribution in [0.3, 0.4) is 0 Å². The molecular weight excluding hydrogens is 253 g/mol. The van der Waals surface area contributed by atoms with Gasteiger partial charge in [-0.15, -0.1) is 0 Å². The average Bonchev–Trinajstić information content (AvgIpc) is 2.77. The summed E-state index contributed by atoms with van der Waals surface area (Å²) in [5.74, 6) is -0.309. The van der Waals surface area contributed by atoms with E-state index in [2.05, 4.69) is 10.1 Å². The lowest BCUT2D eigenvalue weighted by Gasteiger charge is -2.21. The number of likely N-dealkylation sites (tertiary alicyclic amines) is 1. The summed E-state index contributed by atoms with van der Waals surface area (Å²) in [7, 11) is 0. The number of nitrogens with zero attached hydrogens (tertiary/aromatic N) is 1. The summed E-state index contributed by atoms with van der Waals surface area (Å²) in [6.07, 6.45) is -4.01. The number of halogens is 3. The minimum Gasteiger partial charge on any atom is -0.440 e. The Bertz CT molecular complexity index is 314. The van der Waals surface area contributed by atoms with E-state index in [-0.39, 0.29) is 5.91 Å². The number of hydrogen-bond donors (Lipinski definition) is 1. The van der Waals surface area contributed by atoms with Gasteiger partial charge in [-0.2, -0.15) is 13.2 Å². The quantitative estimate of drug-likeness (QED) is 0.839. The van der Waals surface area contributed by atoms with Crippen molar-refractivity contribution in [1.29, 1.82) is 0 Å². The van der Waals surface area contributed by atoms with Crippen LogP contribution in [-0.4, -0.2) is 48.8 Å². The molecule has 1 aliphatic rings. The highest BCUT2D eigenvalue weighted by Gasteiger charge is 2.30. The van der Waals surface area contributed by atoms with Crippen molar-refractivity contribution in [2.24, 2.45) is 0 Å². The van der Waals surface area contributed by atoms with Crippen LogP contribution in [0.5, 0.6) is 0 Å². The fourth-order valence-electron chi connectivity index (χ4n) is 1.64. The maximum absolute atomic E-state index is 11.8. The fourth-order valence-corrected chi connectivity index (χ4v) is 1.64. The van der Waals surface area contributed by atoms with E-state index >= 15 is 0 Å². The number of rotatable bonds is 3. The third-order valence-electron chi connectivity index (χ3n) is 2.49. The van der Waals surface area contributed by atoms with Gasteiger partial charge in [-0.1, -0.05) is 0 Å². The normalized spacial score (nSPS) is 17.4. The van der Waals surface area contributed by atoms with Crippen molar-refractivity contribution in [3.8, 4) is 0 Å². The zero-order chi connectivity index (χ0) is 13.8. The summed E-state index contributed by atoms with van der Waals surface area (Å²) in [6, 6.07) is -0.885. The predicted molar refractivity (Wildman–Crippen MR) is 55.8 cm³/mol. The first-order valence-corrected chi connectivity index (χ1v) is 5.58. The van der Waals surface area contributed by atoms with E-state index in [1.165, 1.54) is 6.92 Å². The van der Waals surface area contributed by atoms with Crippen LogP contribution in [0.15, 0.2) is 0 Å². The molecule has 8 heteroatoms. The molecule has 1 heterocycles. The number of ether oxygens (including phenoxy) is 1. The summed E-state index contributed by atoms with van der Waals surface area (Å²) in [5, 5.41) is 2.08. The number of alkyl halides is 3. The first kappa shape index (κ1) is 14.6. The molecule has 0 aromatic carbocycles. The summed E-state index contributed by atoms with van der Waals surface area (Å²) in [6.45, 7) is 0.976. The van der Waals surface area contributed by atoms with E-state index in [0.29, 0.717) is 13.1 Å². The molecule has 1 unspecified atom stereocenters. The summed E-state index contributed by atoms with van der Waals surface area (Å²) in [4.78, 5) is 24.3. The second kappa shape index (κ2) is 5.92. The zero-order valence-corrected chi connectivity index (χ0v) is 9.92. The third kappa shape index (κ3) is 4.80. The number of carbonyl (C=O) groups is 2. The lowest BCUT2D eigenvalue weighted by molar-refractivity contribution is -0.160. The smallest absolute Gasteiger partial charge is 0.422 e. The van der Waals surface area contributed by atoms with Crippen molar-refractivity contribution >= 4 is 12.0 Å². The van der Waals surface area contributed by atoms with Crippen molar-refractivity contribution in [3.63, 3.8) is 0 Å². The second-order valence-corrected chi connectivity index (χ2v) is 4.09. The average molecular weight is 268 g/mol. The Morgan fingerprint density at radius 1 is 1.33 bits per heavy atom. The molecule has 18 heavy (non-hydrogen) atoms. The molecule has 104 valence electrons. The van der Waals surface area contributed by atoms with Gasteiger partial charge < -0.3 is 15.0 Å². The molecule has 1 N–H and O–H groups in total. The van der Waals surface area contributed by atoms with Gasteiger partial charge in [-0.3, -0.25) is 4.79 Å². The van der Waals surface area contributed by atoms with Gasteiger partial charge in [0, 0.05) is 13.1 Å². The van der Waals surface area contributed by atoms with Gasteiger partial charge >= 0.3 is 12.3 Å². The minimum absolute atomic E-state index is 0.309. The Labute approximate surface area is 102 Å². The Morgan fingerprint density at radius 2 is 1.89 bits per heavy atom. The fraction of sp³-hybridized carbons (Fsp3) is 0.800. The van der Waals surface area contributed by atoms with Crippen molar-refractivity contribution in [2.75, 3.05) is 19.7 Å². The number of alkyl carbamates (subject to hydrolysis) is 1. The standard InChI is InChI=1S/C10H15F3N2O3/c1-7(8(16)15-4-2-3-5-15)14-9(17)18-6-10(11,12)13/h7H,2-6H2,1H3,(H,14,17). The van der Waals surface area contributed by atoms with Gasteiger partial charge in [-0.25, -0.2) is 4.79 Å². The molecule has 0 radical (unpaired) electrons. The number of nitrogens with one attached hydrogen (secondary N) is 1. The van der Waals surface area contributed by atoms with Gasteiger partial charge in [0.2, 0.25) is 5.91 Å². The van der Waals surface area contributed by atoms with Crippen molar-refractivity contribution < 1.29 is 27.5 Å². The number of amides is 2. The number of carbonyl (C=O) groups excluding carboxylic acids is 2. The van der Waals surface area contributed by atoms with Crippen LogP contribution in [-0.2, 0) is 9.53 Å². The van der Waals surface area contributed by atoms with Gasteiger partial charge in [0.1, 0.15) is 6.04 Å². The molecule has 1 fully saturated rings. The first-order valence-electron chi connectivity index (χ1n) is 5.58. The lowest BCUT2D eigenvalue weighted by Crippen LogP contribution is -2.46. The molecule has 0 saturated carbocycles. The van der Waals surface area contributed by atoms with Crippen molar-refractivity contribution in [1.82, 2.24) is 10.2 Å². The van der Waals surface area contributed by atoms with Crippen LogP contribution in [0.2, 0.25) is 0 Å². The Hall–Kier alpha value is -1.47. The second-order valence-electron chi connectivity index (χ2n) is 4.09. The molecule has 2 amide bonds. The Balaban J connectivity index is 2.32. The van der Waals surface area contributed by atoms with Crippen LogP contribution in [0.25, 0.3) is 0 Å².